The first-order valence-corrected chi connectivity index (χ1v) is 8.77. The molecule has 0 radical (unpaired) electrons. The van der Waals surface area contributed by atoms with Gasteiger partial charge in [0, 0.05) is 13.1 Å². The molecular weight excluding hydrogens is 288 g/mol. The van der Waals surface area contributed by atoms with Crippen LogP contribution in [0.5, 0.6) is 0 Å². The van der Waals surface area contributed by atoms with Crippen molar-refractivity contribution in [3.05, 3.63) is 29.8 Å². The lowest BCUT2D eigenvalue weighted by molar-refractivity contribution is -0.124. The van der Waals surface area contributed by atoms with E-state index in [2.05, 4.69) is 5.32 Å². The lowest BCUT2D eigenvalue weighted by Crippen LogP contribution is -2.46. The Bertz CT molecular complexity index is 596. The second kappa shape index (κ2) is 6.58. The Hall–Kier alpha value is -1.40. The summed E-state index contributed by atoms with van der Waals surface area (Å²) < 4.78 is 26.7. The molecule has 2 rings (SSSR count). The van der Waals surface area contributed by atoms with Gasteiger partial charge in [0.2, 0.25) is 15.9 Å². The van der Waals surface area contributed by atoms with E-state index < -0.39 is 16.1 Å². The average Bonchev–Trinajstić information content (AvgIpc) is 2.95. The topological polar surface area (TPSA) is 66.5 Å². The highest BCUT2D eigenvalue weighted by Gasteiger charge is 2.39. The van der Waals surface area contributed by atoms with Crippen molar-refractivity contribution >= 4 is 15.9 Å². The second-order valence-corrected chi connectivity index (χ2v) is 7.27. The van der Waals surface area contributed by atoms with Crippen LogP contribution in [0.25, 0.3) is 0 Å². The minimum absolute atomic E-state index is 0.190. The molecule has 6 heteroatoms. The Morgan fingerprint density at radius 1 is 1.33 bits per heavy atom. The van der Waals surface area contributed by atoms with Crippen molar-refractivity contribution in [3.63, 3.8) is 0 Å². The molecule has 116 valence electrons. The summed E-state index contributed by atoms with van der Waals surface area (Å²) in [7, 11) is -3.60. The lowest BCUT2D eigenvalue weighted by Gasteiger charge is -2.23. The van der Waals surface area contributed by atoms with Crippen molar-refractivity contribution < 1.29 is 13.2 Å². The molecule has 1 heterocycles. The van der Waals surface area contributed by atoms with Crippen LogP contribution in [0.15, 0.2) is 29.2 Å². The number of nitrogens with zero attached hydrogens (tertiary/aromatic N) is 1. The van der Waals surface area contributed by atoms with Crippen LogP contribution in [-0.2, 0) is 14.8 Å². The predicted octanol–water partition coefficient (Wildman–Crippen LogP) is 1.67. The molecule has 0 bridgehead atoms. The maximum Gasteiger partial charge on any atom is 0.243 e. The Morgan fingerprint density at radius 2 is 2.00 bits per heavy atom. The van der Waals surface area contributed by atoms with Gasteiger partial charge >= 0.3 is 0 Å². The van der Waals surface area contributed by atoms with Crippen molar-refractivity contribution in [2.45, 2.75) is 44.0 Å². The summed E-state index contributed by atoms with van der Waals surface area (Å²) in [6.45, 7) is 4.86. The fraction of sp³-hybridized carbons (Fsp3) is 0.533. The molecule has 5 nitrogen and oxygen atoms in total. The van der Waals surface area contributed by atoms with Gasteiger partial charge in [-0.15, -0.1) is 0 Å². The maximum absolute atomic E-state index is 12.7. The number of rotatable bonds is 5. The number of benzene rings is 1. The number of sulfonamides is 1. The highest BCUT2D eigenvalue weighted by molar-refractivity contribution is 7.89. The molecule has 1 saturated heterocycles. The first-order chi connectivity index (χ1) is 9.96. The van der Waals surface area contributed by atoms with E-state index in [1.807, 2.05) is 13.8 Å². The minimum Gasteiger partial charge on any atom is -0.355 e. The molecule has 1 fully saturated rings. The monoisotopic (exact) mass is 310 g/mol. The Kier molecular flexibility index (Phi) is 5.00. The SMILES string of the molecule is CCCNC(=O)[C@H]1CCCN1S(=O)(=O)c1ccc(C)cc1. The number of carbonyl (C=O) groups excluding carboxylic acids is 1. The summed E-state index contributed by atoms with van der Waals surface area (Å²) in [5.74, 6) is -0.190. The zero-order valence-electron chi connectivity index (χ0n) is 12.5. The van der Waals surface area contributed by atoms with Gasteiger partial charge in [0.25, 0.3) is 0 Å². The number of amides is 1. The summed E-state index contributed by atoms with van der Waals surface area (Å²) in [5.41, 5.74) is 1.01. The molecular formula is C15H22N2O3S. The fourth-order valence-electron chi connectivity index (χ4n) is 2.50. The minimum atomic E-state index is -3.60. The van der Waals surface area contributed by atoms with Gasteiger partial charge in [-0.05, 0) is 38.3 Å². The summed E-state index contributed by atoms with van der Waals surface area (Å²) in [5, 5.41) is 2.79. The van der Waals surface area contributed by atoms with Crippen LogP contribution in [0, 0.1) is 6.92 Å². The van der Waals surface area contributed by atoms with Crippen LogP contribution in [0.2, 0.25) is 0 Å². The van der Waals surface area contributed by atoms with Crippen LogP contribution in [0.4, 0.5) is 0 Å². The summed E-state index contributed by atoms with van der Waals surface area (Å²) >= 11 is 0. The highest BCUT2D eigenvalue weighted by Crippen LogP contribution is 2.26. The second-order valence-electron chi connectivity index (χ2n) is 5.38. The van der Waals surface area contributed by atoms with Gasteiger partial charge in [-0.1, -0.05) is 24.6 Å². The normalized spacial score (nSPS) is 19.6. The van der Waals surface area contributed by atoms with Gasteiger partial charge in [-0.2, -0.15) is 4.31 Å². The Labute approximate surface area is 126 Å². The molecule has 1 aliphatic rings. The first kappa shape index (κ1) is 16.0. The zero-order valence-corrected chi connectivity index (χ0v) is 13.3. The van der Waals surface area contributed by atoms with E-state index in [9.17, 15) is 13.2 Å². The Balaban J connectivity index is 2.22. The molecule has 0 saturated carbocycles. The van der Waals surface area contributed by atoms with E-state index in [4.69, 9.17) is 0 Å². The van der Waals surface area contributed by atoms with Gasteiger partial charge in [0.1, 0.15) is 6.04 Å². The molecule has 0 spiro atoms. The van der Waals surface area contributed by atoms with Gasteiger partial charge < -0.3 is 5.32 Å². The number of nitrogens with one attached hydrogen (secondary N) is 1. The van der Waals surface area contributed by atoms with Gasteiger partial charge in [0.15, 0.2) is 0 Å². The van der Waals surface area contributed by atoms with Crippen molar-refractivity contribution in [2.24, 2.45) is 0 Å². The third kappa shape index (κ3) is 3.44. The molecule has 0 aromatic heterocycles. The number of hydrogen-bond donors (Lipinski definition) is 1. The van der Waals surface area contributed by atoms with Crippen molar-refractivity contribution in [1.29, 1.82) is 0 Å². The molecule has 1 atom stereocenters. The van der Waals surface area contributed by atoms with E-state index >= 15 is 0 Å². The van der Waals surface area contributed by atoms with E-state index in [1.165, 1.54) is 4.31 Å². The van der Waals surface area contributed by atoms with Crippen LogP contribution < -0.4 is 5.32 Å². The van der Waals surface area contributed by atoms with Crippen molar-refractivity contribution in [3.8, 4) is 0 Å². The quantitative estimate of drug-likeness (QED) is 0.899. The standard InChI is InChI=1S/C15H22N2O3S/c1-3-10-16-15(18)14-5-4-11-17(14)21(19,20)13-8-6-12(2)7-9-13/h6-9,14H,3-5,10-11H2,1-2H3,(H,16,18)/t14-/m1/s1. The summed E-state index contributed by atoms with van der Waals surface area (Å²) in [4.78, 5) is 12.4. The van der Waals surface area contributed by atoms with E-state index in [0.717, 1.165) is 18.4 Å². The summed E-state index contributed by atoms with van der Waals surface area (Å²) in [6.07, 6.45) is 2.14. The molecule has 0 aliphatic carbocycles. The van der Waals surface area contributed by atoms with Crippen LogP contribution >= 0.6 is 0 Å². The van der Waals surface area contributed by atoms with E-state index in [1.54, 1.807) is 24.3 Å². The third-order valence-electron chi connectivity index (χ3n) is 3.68. The largest absolute Gasteiger partial charge is 0.355 e. The number of aryl methyl sites for hydroxylation is 1. The van der Waals surface area contributed by atoms with Crippen LogP contribution in [0.3, 0.4) is 0 Å². The summed E-state index contributed by atoms with van der Waals surface area (Å²) in [6, 6.07) is 6.17. The Morgan fingerprint density at radius 3 is 2.62 bits per heavy atom. The first-order valence-electron chi connectivity index (χ1n) is 7.33. The van der Waals surface area contributed by atoms with Crippen molar-refractivity contribution in [1.82, 2.24) is 9.62 Å². The van der Waals surface area contributed by atoms with Gasteiger partial charge in [0.05, 0.1) is 4.90 Å². The molecule has 1 aromatic carbocycles. The third-order valence-corrected chi connectivity index (χ3v) is 5.61. The molecule has 1 N–H and O–H groups in total. The van der Waals surface area contributed by atoms with Crippen molar-refractivity contribution in [2.75, 3.05) is 13.1 Å². The van der Waals surface area contributed by atoms with E-state index in [0.29, 0.717) is 19.5 Å². The van der Waals surface area contributed by atoms with E-state index in [-0.39, 0.29) is 10.8 Å². The number of carbonyl (C=O) groups is 1. The van der Waals surface area contributed by atoms with Gasteiger partial charge in [-0.3, -0.25) is 4.79 Å². The van der Waals surface area contributed by atoms with Gasteiger partial charge in [-0.25, -0.2) is 8.42 Å². The average molecular weight is 310 g/mol. The fourth-order valence-corrected chi connectivity index (χ4v) is 4.16. The number of hydrogen-bond acceptors (Lipinski definition) is 3. The molecule has 0 unspecified atom stereocenters. The highest BCUT2D eigenvalue weighted by atomic mass is 32.2. The lowest BCUT2D eigenvalue weighted by atomic mass is 10.2. The molecule has 1 amide bonds. The predicted molar refractivity (Wildman–Crippen MR) is 81.4 cm³/mol. The maximum atomic E-state index is 12.7. The molecule has 1 aromatic rings. The zero-order chi connectivity index (χ0) is 15.5. The smallest absolute Gasteiger partial charge is 0.243 e. The molecule has 1 aliphatic heterocycles. The molecule has 21 heavy (non-hydrogen) atoms. The van der Waals surface area contributed by atoms with Crippen LogP contribution in [-0.4, -0.2) is 37.8 Å². The van der Waals surface area contributed by atoms with Crippen LogP contribution in [0.1, 0.15) is 31.7 Å².